The molecule has 0 aliphatic heterocycles. The van der Waals surface area contributed by atoms with E-state index in [4.69, 9.17) is 4.74 Å². The van der Waals surface area contributed by atoms with Gasteiger partial charge in [0.25, 0.3) is 6.01 Å². The minimum absolute atomic E-state index is 0.527. The van der Waals surface area contributed by atoms with Gasteiger partial charge in [0.05, 0.1) is 11.0 Å². The number of aromatic nitrogens is 2. The van der Waals surface area contributed by atoms with Crippen LogP contribution >= 0.6 is 15.9 Å². The topological polar surface area (TPSA) is 27.1 Å². The van der Waals surface area contributed by atoms with Crippen molar-refractivity contribution >= 4 is 27.0 Å². The second-order valence-corrected chi connectivity index (χ2v) is 5.28. The van der Waals surface area contributed by atoms with Gasteiger partial charge in [-0.1, -0.05) is 46.3 Å². The van der Waals surface area contributed by atoms with Crippen molar-refractivity contribution in [2.75, 3.05) is 0 Å². The average Bonchev–Trinajstić information content (AvgIpc) is 2.74. The van der Waals surface area contributed by atoms with Crippen molar-refractivity contribution in [2.24, 2.45) is 7.05 Å². The van der Waals surface area contributed by atoms with Gasteiger partial charge in [0.15, 0.2) is 0 Å². The number of halogens is 1. The van der Waals surface area contributed by atoms with Gasteiger partial charge in [0, 0.05) is 11.5 Å². The number of aryl methyl sites for hydroxylation is 1. The maximum absolute atomic E-state index is 5.78. The van der Waals surface area contributed by atoms with Crippen LogP contribution in [0.3, 0.4) is 0 Å². The lowest BCUT2D eigenvalue weighted by Gasteiger charge is -2.05. The summed E-state index contributed by atoms with van der Waals surface area (Å²) in [4.78, 5) is 4.50. The lowest BCUT2D eigenvalue weighted by Crippen LogP contribution is -2.00. The predicted octanol–water partition coefficient (Wildman–Crippen LogP) is 3.91. The van der Waals surface area contributed by atoms with E-state index in [1.807, 2.05) is 60.1 Å². The number of ether oxygens (including phenoxy) is 1. The second-order valence-electron chi connectivity index (χ2n) is 4.36. The van der Waals surface area contributed by atoms with Crippen molar-refractivity contribution in [2.45, 2.75) is 6.61 Å². The molecular weight excluding hydrogens is 304 g/mol. The summed E-state index contributed by atoms with van der Waals surface area (Å²) < 4.78 is 8.77. The molecular formula is C15H13BrN2O. The number of hydrogen-bond acceptors (Lipinski definition) is 2. The van der Waals surface area contributed by atoms with Crippen molar-refractivity contribution in [1.29, 1.82) is 0 Å². The first-order valence-corrected chi connectivity index (χ1v) is 6.82. The molecule has 1 heterocycles. The third kappa shape index (κ3) is 2.49. The first-order chi connectivity index (χ1) is 9.24. The molecule has 96 valence electrons. The Hall–Kier alpha value is -1.81. The molecule has 19 heavy (non-hydrogen) atoms. The Morgan fingerprint density at radius 1 is 1.16 bits per heavy atom. The fourth-order valence-corrected chi connectivity index (χ4v) is 2.35. The highest BCUT2D eigenvalue weighted by Crippen LogP contribution is 2.23. The first-order valence-electron chi connectivity index (χ1n) is 6.03. The van der Waals surface area contributed by atoms with Gasteiger partial charge in [-0.2, -0.15) is 4.98 Å². The maximum Gasteiger partial charge on any atom is 0.297 e. The van der Waals surface area contributed by atoms with Crippen LogP contribution < -0.4 is 4.74 Å². The van der Waals surface area contributed by atoms with Crippen molar-refractivity contribution in [3.63, 3.8) is 0 Å². The van der Waals surface area contributed by atoms with Crippen LogP contribution in [0.5, 0.6) is 6.01 Å². The van der Waals surface area contributed by atoms with Crippen LogP contribution in [0.4, 0.5) is 0 Å². The number of hydrogen-bond donors (Lipinski definition) is 0. The molecule has 3 nitrogen and oxygen atoms in total. The number of nitrogens with zero attached hydrogens (tertiary/aromatic N) is 2. The van der Waals surface area contributed by atoms with Gasteiger partial charge in [-0.05, 0) is 23.8 Å². The smallest absolute Gasteiger partial charge is 0.297 e. The molecule has 0 aliphatic rings. The summed E-state index contributed by atoms with van der Waals surface area (Å²) in [6.45, 7) is 0.527. The monoisotopic (exact) mass is 316 g/mol. The molecule has 2 aromatic carbocycles. The summed E-state index contributed by atoms with van der Waals surface area (Å²) in [7, 11) is 1.96. The van der Waals surface area contributed by atoms with Gasteiger partial charge in [-0.3, -0.25) is 4.57 Å². The Morgan fingerprint density at radius 2 is 1.95 bits per heavy atom. The molecule has 0 spiro atoms. The normalized spacial score (nSPS) is 10.8. The summed E-state index contributed by atoms with van der Waals surface area (Å²) in [5.74, 6) is 0. The number of rotatable bonds is 3. The van der Waals surface area contributed by atoms with Crippen molar-refractivity contribution < 1.29 is 4.74 Å². The summed E-state index contributed by atoms with van der Waals surface area (Å²) in [5, 5.41) is 0. The highest BCUT2D eigenvalue weighted by atomic mass is 79.9. The van der Waals surface area contributed by atoms with E-state index in [1.165, 1.54) is 0 Å². The van der Waals surface area contributed by atoms with Crippen LogP contribution in [0, 0.1) is 0 Å². The zero-order chi connectivity index (χ0) is 13.2. The Kier molecular flexibility index (Phi) is 3.25. The second kappa shape index (κ2) is 5.05. The highest BCUT2D eigenvalue weighted by molar-refractivity contribution is 9.10. The van der Waals surface area contributed by atoms with Crippen LogP contribution in [0.2, 0.25) is 0 Å². The van der Waals surface area contributed by atoms with Crippen LogP contribution in [0.1, 0.15) is 5.56 Å². The lowest BCUT2D eigenvalue weighted by atomic mass is 10.2. The van der Waals surface area contributed by atoms with Gasteiger partial charge < -0.3 is 4.74 Å². The third-order valence-corrected chi connectivity index (χ3v) is 3.51. The molecule has 1 aromatic heterocycles. The third-order valence-electron chi connectivity index (χ3n) is 3.01. The zero-order valence-corrected chi connectivity index (χ0v) is 12.1. The summed E-state index contributed by atoms with van der Waals surface area (Å²) >= 11 is 3.45. The number of imidazole rings is 1. The van der Waals surface area contributed by atoms with E-state index in [0.717, 1.165) is 21.1 Å². The van der Waals surface area contributed by atoms with Gasteiger partial charge in [-0.25, -0.2) is 0 Å². The molecule has 0 radical (unpaired) electrons. The molecule has 0 bridgehead atoms. The van der Waals surface area contributed by atoms with Gasteiger partial charge in [-0.15, -0.1) is 0 Å². The Balaban J connectivity index is 1.87. The van der Waals surface area contributed by atoms with Gasteiger partial charge in [0.1, 0.15) is 6.61 Å². The fourth-order valence-electron chi connectivity index (χ4n) is 2.00. The molecule has 0 amide bonds. The molecule has 3 aromatic rings. The van der Waals surface area contributed by atoms with Gasteiger partial charge >= 0.3 is 0 Å². The van der Waals surface area contributed by atoms with E-state index >= 15 is 0 Å². The van der Waals surface area contributed by atoms with Crippen LogP contribution in [0.25, 0.3) is 11.0 Å². The van der Waals surface area contributed by atoms with Crippen molar-refractivity contribution in [3.05, 3.63) is 58.6 Å². The number of fused-ring (bicyclic) bond motifs is 1. The summed E-state index contributed by atoms with van der Waals surface area (Å²) in [6.07, 6.45) is 0. The quantitative estimate of drug-likeness (QED) is 0.732. The molecule has 0 saturated heterocycles. The fraction of sp³-hybridized carbons (Fsp3) is 0.133. The summed E-state index contributed by atoms with van der Waals surface area (Å²) in [5.41, 5.74) is 3.13. The Labute approximate surface area is 120 Å². The maximum atomic E-state index is 5.78. The largest absolute Gasteiger partial charge is 0.460 e. The summed E-state index contributed by atoms with van der Waals surface area (Å²) in [6, 6.07) is 16.7. The van der Waals surface area contributed by atoms with Crippen molar-refractivity contribution in [3.8, 4) is 6.01 Å². The van der Waals surface area contributed by atoms with E-state index in [2.05, 4.69) is 20.9 Å². The molecule has 0 N–H and O–H groups in total. The Bertz CT molecular complexity index is 707. The SMILES string of the molecule is Cn1c(OCc2ccccc2)nc2cc(Br)ccc21. The molecule has 4 heteroatoms. The zero-order valence-electron chi connectivity index (χ0n) is 10.5. The van der Waals surface area contributed by atoms with Gasteiger partial charge in [0.2, 0.25) is 0 Å². The first kappa shape index (κ1) is 12.2. The van der Waals surface area contributed by atoms with E-state index in [1.54, 1.807) is 0 Å². The van der Waals surface area contributed by atoms with E-state index in [0.29, 0.717) is 12.6 Å². The van der Waals surface area contributed by atoms with Crippen LogP contribution in [-0.4, -0.2) is 9.55 Å². The lowest BCUT2D eigenvalue weighted by molar-refractivity contribution is 0.273. The molecule has 0 saturated carbocycles. The van der Waals surface area contributed by atoms with E-state index < -0.39 is 0 Å². The van der Waals surface area contributed by atoms with Crippen LogP contribution in [0.15, 0.2) is 53.0 Å². The van der Waals surface area contributed by atoms with E-state index in [-0.39, 0.29) is 0 Å². The molecule has 3 rings (SSSR count). The van der Waals surface area contributed by atoms with E-state index in [9.17, 15) is 0 Å². The minimum Gasteiger partial charge on any atom is -0.460 e. The average molecular weight is 317 g/mol. The predicted molar refractivity (Wildman–Crippen MR) is 79.2 cm³/mol. The molecule has 0 unspecified atom stereocenters. The Morgan fingerprint density at radius 3 is 2.74 bits per heavy atom. The minimum atomic E-state index is 0.527. The highest BCUT2D eigenvalue weighted by Gasteiger charge is 2.09. The molecule has 0 atom stereocenters. The molecule has 0 fully saturated rings. The standard InChI is InChI=1S/C15H13BrN2O/c1-18-14-8-7-12(16)9-13(14)17-15(18)19-10-11-5-3-2-4-6-11/h2-9H,10H2,1H3. The number of benzene rings is 2. The van der Waals surface area contributed by atoms with Crippen molar-refractivity contribution in [1.82, 2.24) is 9.55 Å². The van der Waals surface area contributed by atoms with Crippen LogP contribution in [-0.2, 0) is 13.7 Å². The molecule has 0 aliphatic carbocycles.